The normalized spacial score (nSPS) is 20.3. The first-order valence-corrected chi connectivity index (χ1v) is 10.4. The average Bonchev–Trinajstić information content (AvgIpc) is 3.40. The van der Waals surface area contributed by atoms with Crippen LogP contribution in [0.25, 0.3) is 0 Å². The zero-order valence-electron chi connectivity index (χ0n) is 17.1. The number of para-hydroxylation sites is 1. The number of imide groups is 1. The summed E-state index contributed by atoms with van der Waals surface area (Å²) >= 11 is 0. The summed E-state index contributed by atoms with van der Waals surface area (Å²) < 4.78 is 7.06. The first-order valence-electron chi connectivity index (χ1n) is 10.4. The van der Waals surface area contributed by atoms with E-state index in [9.17, 15) is 19.2 Å². The third kappa shape index (κ3) is 4.08. The Morgan fingerprint density at radius 3 is 2.68 bits per heavy atom. The van der Waals surface area contributed by atoms with Crippen molar-refractivity contribution in [2.75, 3.05) is 19.6 Å². The van der Waals surface area contributed by atoms with E-state index in [-0.39, 0.29) is 25.0 Å². The van der Waals surface area contributed by atoms with Gasteiger partial charge >= 0.3 is 11.9 Å². The Kier molecular flexibility index (Phi) is 5.83. The Morgan fingerprint density at radius 1 is 1.19 bits per heavy atom. The van der Waals surface area contributed by atoms with Crippen LogP contribution < -0.4 is 15.4 Å². The van der Waals surface area contributed by atoms with Crippen molar-refractivity contribution in [2.45, 2.75) is 37.8 Å². The molecule has 1 fully saturated rings. The van der Waals surface area contributed by atoms with Gasteiger partial charge in [-0.1, -0.05) is 31.1 Å². The Balaban J connectivity index is 1.64. The van der Waals surface area contributed by atoms with E-state index >= 15 is 0 Å². The monoisotopic (exact) mass is 425 g/mol. The number of ether oxygens (including phenoxy) is 1. The van der Waals surface area contributed by atoms with Crippen molar-refractivity contribution in [3.05, 3.63) is 42.5 Å². The highest BCUT2D eigenvalue weighted by atomic mass is 16.5. The highest BCUT2D eigenvalue weighted by Crippen LogP contribution is 2.32. The first-order chi connectivity index (χ1) is 15.0. The summed E-state index contributed by atoms with van der Waals surface area (Å²) in [4.78, 5) is 52.0. The molecule has 31 heavy (non-hydrogen) atoms. The fourth-order valence-corrected chi connectivity index (χ4v) is 4.21. The van der Waals surface area contributed by atoms with E-state index in [2.05, 4.69) is 17.2 Å². The molecule has 3 aliphatic rings. The Labute approximate surface area is 179 Å². The summed E-state index contributed by atoms with van der Waals surface area (Å²) in [6.07, 6.45) is 4.38. The van der Waals surface area contributed by atoms with E-state index < -0.39 is 30.5 Å². The van der Waals surface area contributed by atoms with Gasteiger partial charge in [0.15, 0.2) is 18.8 Å². The highest BCUT2D eigenvalue weighted by Gasteiger charge is 2.54. The molecule has 0 bridgehead atoms. The van der Waals surface area contributed by atoms with Crippen LogP contribution in [-0.4, -0.2) is 70.7 Å². The van der Waals surface area contributed by atoms with Crippen LogP contribution in [-0.2, 0) is 14.4 Å². The number of amides is 5. The van der Waals surface area contributed by atoms with Crippen LogP contribution in [0.3, 0.4) is 0 Å². The van der Waals surface area contributed by atoms with E-state index in [1.54, 1.807) is 24.3 Å². The number of hydrogen-bond acceptors (Lipinski definition) is 5. The molecule has 5 amide bonds. The maximum atomic E-state index is 13.2. The van der Waals surface area contributed by atoms with Crippen LogP contribution in [0.1, 0.15) is 31.2 Å². The van der Waals surface area contributed by atoms with E-state index in [1.165, 1.54) is 10.7 Å². The highest BCUT2D eigenvalue weighted by molar-refractivity contribution is 6.22. The van der Waals surface area contributed by atoms with Crippen molar-refractivity contribution in [1.29, 1.82) is 0 Å². The van der Waals surface area contributed by atoms with Gasteiger partial charge in [-0.25, -0.2) is 4.79 Å². The summed E-state index contributed by atoms with van der Waals surface area (Å²) in [5.74, 6) is -0.975. The molecule has 4 rings (SSSR count). The van der Waals surface area contributed by atoms with Crippen molar-refractivity contribution >= 4 is 29.5 Å². The molecule has 9 heteroatoms. The van der Waals surface area contributed by atoms with Crippen molar-refractivity contribution in [2.24, 2.45) is 0 Å². The Morgan fingerprint density at radius 2 is 1.94 bits per heavy atom. The number of carbonyl (C=O) groups excluding carboxylic acids is 4. The second kappa shape index (κ2) is 8.71. The van der Waals surface area contributed by atoms with Crippen LogP contribution >= 0.6 is 0 Å². The van der Waals surface area contributed by atoms with Gasteiger partial charge in [-0.2, -0.15) is 9.37 Å². The minimum atomic E-state index is -1.08. The number of hydrogen-bond donors (Lipinski definition) is 2. The molecule has 1 aromatic rings. The minimum Gasteiger partial charge on any atom is -0.469 e. The first kappa shape index (κ1) is 20.8. The van der Waals surface area contributed by atoms with Gasteiger partial charge in [0.25, 0.3) is 17.9 Å². The lowest BCUT2D eigenvalue weighted by molar-refractivity contribution is -0.428. The predicted octanol–water partition coefficient (Wildman–Crippen LogP) is 0.572. The fourth-order valence-electron chi connectivity index (χ4n) is 4.21. The fraction of sp³-hybridized carbons (Fsp3) is 0.409. The molecule has 1 saturated carbocycles. The van der Waals surface area contributed by atoms with Gasteiger partial charge in [-0.15, -0.1) is 11.5 Å². The standard InChI is InChI=1S/C22H24N4O5/c1-2-11-23-17(27)12-26-21(29)20-19(15-9-5-6-10-16(15)31-20)25(22(26)30)13-18(28)24-14-7-3-4-8-14/h2,5-6,9-10,14,20H,1,3-4,7-8,11-13H2,(H-,23,24,27,28)/p+1. The van der Waals surface area contributed by atoms with Gasteiger partial charge < -0.3 is 15.4 Å². The molecule has 1 aliphatic carbocycles. The smallest absolute Gasteiger partial charge is 0.469 e. The second-order valence-corrected chi connectivity index (χ2v) is 7.81. The Bertz CT molecular complexity index is 980. The van der Waals surface area contributed by atoms with Crippen LogP contribution in [0.5, 0.6) is 5.75 Å². The number of urea groups is 1. The molecular formula is C22H25N4O5+. The van der Waals surface area contributed by atoms with E-state index in [0.717, 1.165) is 30.6 Å². The van der Waals surface area contributed by atoms with Gasteiger partial charge in [0.2, 0.25) is 0 Å². The topological polar surface area (TPSA) is 108 Å². The largest absolute Gasteiger partial charge is 0.502 e. The van der Waals surface area contributed by atoms with Crippen molar-refractivity contribution < 1.29 is 28.5 Å². The number of fused-ring (bicyclic) bond motifs is 3. The summed E-state index contributed by atoms with van der Waals surface area (Å²) in [6.45, 7) is 3.02. The zero-order chi connectivity index (χ0) is 22.0. The Hall–Kier alpha value is -3.49. The number of nitrogens with one attached hydrogen (secondary N) is 2. The third-order valence-electron chi connectivity index (χ3n) is 5.67. The average molecular weight is 425 g/mol. The van der Waals surface area contributed by atoms with E-state index in [0.29, 0.717) is 17.0 Å². The lowest BCUT2D eigenvalue weighted by Crippen LogP contribution is -2.60. The van der Waals surface area contributed by atoms with E-state index in [1.807, 2.05) is 0 Å². The molecule has 2 N–H and O–H groups in total. The summed E-state index contributed by atoms with van der Waals surface area (Å²) in [5, 5.41) is 5.52. The molecule has 0 spiro atoms. The van der Waals surface area contributed by atoms with Crippen LogP contribution in [0, 0.1) is 0 Å². The van der Waals surface area contributed by atoms with Gasteiger partial charge in [-0.05, 0) is 25.0 Å². The molecule has 0 saturated heterocycles. The lowest BCUT2D eigenvalue weighted by Gasteiger charge is -2.24. The quantitative estimate of drug-likeness (QED) is 0.491. The molecule has 2 aliphatic heterocycles. The molecule has 162 valence electrons. The van der Waals surface area contributed by atoms with Gasteiger partial charge in [0, 0.05) is 12.6 Å². The zero-order valence-corrected chi connectivity index (χ0v) is 17.1. The molecular weight excluding hydrogens is 400 g/mol. The molecule has 0 aromatic heterocycles. The third-order valence-corrected chi connectivity index (χ3v) is 5.67. The van der Waals surface area contributed by atoms with Crippen molar-refractivity contribution in [3.63, 3.8) is 0 Å². The number of carbonyl (C=O) groups is 4. The van der Waals surface area contributed by atoms with Crippen LogP contribution in [0.2, 0.25) is 0 Å². The number of nitrogens with zero attached hydrogens (tertiary/aromatic N) is 2. The lowest BCUT2D eigenvalue weighted by atomic mass is 10.0. The summed E-state index contributed by atoms with van der Waals surface area (Å²) in [5.41, 5.74) is 0.938. The predicted molar refractivity (Wildman–Crippen MR) is 111 cm³/mol. The molecule has 0 radical (unpaired) electrons. The van der Waals surface area contributed by atoms with Crippen molar-refractivity contribution in [3.8, 4) is 5.75 Å². The van der Waals surface area contributed by atoms with Crippen LogP contribution in [0.4, 0.5) is 4.79 Å². The summed E-state index contributed by atoms with van der Waals surface area (Å²) in [6, 6.07) is 6.38. The SMILES string of the molecule is C=CCNC(=O)CN1C(=O)C2Oc3ccccc3C2=[N+](CC(=O)NC2CCCC2)C1=O. The van der Waals surface area contributed by atoms with Gasteiger partial charge in [0.1, 0.15) is 5.75 Å². The summed E-state index contributed by atoms with van der Waals surface area (Å²) in [7, 11) is 0. The molecule has 1 aromatic carbocycles. The molecule has 1 atom stereocenters. The minimum absolute atomic E-state index is 0.0997. The molecule has 1 unspecified atom stereocenters. The maximum absolute atomic E-state index is 13.2. The van der Waals surface area contributed by atoms with Crippen molar-refractivity contribution in [1.82, 2.24) is 15.5 Å². The number of rotatable bonds is 7. The maximum Gasteiger partial charge on any atom is 0.502 e. The number of benzene rings is 1. The molecule has 9 nitrogen and oxygen atoms in total. The molecule has 2 heterocycles. The second-order valence-electron chi connectivity index (χ2n) is 7.81. The van der Waals surface area contributed by atoms with Crippen LogP contribution in [0.15, 0.2) is 36.9 Å². The van der Waals surface area contributed by atoms with E-state index in [4.69, 9.17) is 4.74 Å². The van der Waals surface area contributed by atoms with Gasteiger partial charge in [-0.3, -0.25) is 9.59 Å². The van der Waals surface area contributed by atoms with Gasteiger partial charge in [0.05, 0.1) is 5.56 Å².